The van der Waals surface area contributed by atoms with Crippen molar-refractivity contribution < 1.29 is 77.2 Å². The van der Waals surface area contributed by atoms with Gasteiger partial charge in [-0.3, -0.25) is 0 Å². The Morgan fingerprint density at radius 2 is 0.933 bits per heavy atom. The van der Waals surface area contributed by atoms with Crippen LogP contribution in [0.2, 0.25) is 0 Å². The molecule has 0 unspecified atom stereocenters. The molecular weight excluding hydrogens is 566 g/mol. The van der Waals surface area contributed by atoms with E-state index in [1.165, 1.54) is 54.9 Å². The molecule has 0 bridgehead atoms. The minimum atomic E-state index is 0. The average molecular weight is 596 g/mol. The number of fused-ring (bicyclic) bond motifs is 2. The molecule has 0 atom stereocenters. The summed E-state index contributed by atoms with van der Waals surface area (Å²) in [6, 6.07) is 18.1. The first-order valence-electron chi connectivity index (χ1n) is 9.75. The van der Waals surface area contributed by atoms with Crippen molar-refractivity contribution in [2.45, 2.75) is 54.4 Å². The van der Waals surface area contributed by atoms with E-state index in [2.05, 4.69) is 90.1 Å². The topological polar surface area (TPSA) is 0 Å². The van der Waals surface area contributed by atoms with Crippen molar-refractivity contribution in [3.63, 3.8) is 0 Å². The van der Waals surface area contributed by atoms with Crippen LogP contribution in [0.15, 0.2) is 48.5 Å². The second-order valence-corrected chi connectivity index (χ2v) is 7.51. The van der Waals surface area contributed by atoms with Gasteiger partial charge in [0.2, 0.25) is 0 Å². The first-order valence-corrected chi connectivity index (χ1v) is 9.75. The standard InChI is InChI=1S/2C13H15.2ClH.2Zr/c2*1-4-11-6-5-10(3)12-7-9(2)8-13(11)12;;;;/h2*5-8H,4H2,1-3H3;2*1H;;/q2*-1;;;2*+2/p-2. The van der Waals surface area contributed by atoms with Crippen molar-refractivity contribution >= 4 is 21.5 Å². The minimum Gasteiger partial charge on any atom is -1.00 e. The van der Waals surface area contributed by atoms with E-state index in [0.29, 0.717) is 0 Å². The van der Waals surface area contributed by atoms with Crippen molar-refractivity contribution in [3.8, 4) is 0 Å². The fourth-order valence-electron chi connectivity index (χ4n) is 3.92. The van der Waals surface area contributed by atoms with Gasteiger partial charge in [-0.25, -0.2) is 0 Å². The third kappa shape index (κ3) is 7.00. The third-order valence-corrected chi connectivity index (χ3v) is 5.44. The summed E-state index contributed by atoms with van der Waals surface area (Å²) >= 11 is 0. The van der Waals surface area contributed by atoms with Gasteiger partial charge in [0.1, 0.15) is 0 Å². The van der Waals surface area contributed by atoms with Crippen LogP contribution < -0.4 is 24.8 Å². The van der Waals surface area contributed by atoms with Crippen molar-refractivity contribution in [3.05, 3.63) is 81.9 Å². The second-order valence-electron chi connectivity index (χ2n) is 7.51. The predicted molar refractivity (Wildman–Crippen MR) is 117 cm³/mol. The predicted octanol–water partition coefficient (Wildman–Crippen LogP) is 1.48. The molecule has 4 aromatic carbocycles. The maximum Gasteiger partial charge on any atom is 2.00 e. The molecule has 0 nitrogen and oxygen atoms in total. The fraction of sp³-hybridized carbons (Fsp3) is 0.308. The molecule has 0 aliphatic heterocycles. The molecule has 4 heteroatoms. The van der Waals surface area contributed by atoms with Crippen LogP contribution in [0.5, 0.6) is 0 Å². The van der Waals surface area contributed by atoms with Crippen LogP contribution in [0.3, 0.4) is 0 Å². The summed E-state index contributed by atoms with van der Waals surface area (Å²) in [5.74, 6) is 0. The van der Waals surface area contributed by atoms with Crippen molar-refractivity contribution in [1.29, 1.82) is 0 Å². The first kappa shape index (κ1) is 32.2. The molecule has 0 saturated heterocycles. The Labute approximate surface area is 233 Å². The summed E-state index contributed by atoms with van der Waals surface area (Å²) in [4.78, 5) is 0. The smallest absolute Gasteiger partial charge is 1.00 e. The Kier molecular flexibility index (Phi) is 15.3. The molecule has 30 heavy (non-hydrogen) atoms. The van der Waals surface area contributed by atoms with Crippen LogP contribution in [0, 0.1) is 27.7 Å². The number of halogens is 2. The summed E-state index contributed by atoms with van der Waals surface area (Å²) in [6.07, 6.45) is 2.25. The maximum atomic E-state index is 2.29. The molecule has 0 N–H and O–H groups in total. The van der Waals surface area contributed by atoms with E-state index in [-0.39, 0.29) is 77.2 Å². The third-order valence-electron chi connectivity index (χ3n) is 5.44. The largest absolute Gasteiger partial charge is 2.00 e. The van der Waals surface area contributed by atoms with E-state index in [0.717, 1.165) is 12.8 Å². The Balaban J connectivity index is 0. The van der Waals surface area contributed by atoms with Gasteiger partial charge in [0.25, 0.3) is 0 Å². The van der Waals surface area contributed by atoms with E-state index in [1.54, 1.807) is 0 Å². The molecule has 4 rings (SSSR count). The number of benzene rings is 2. The summed E-state index contributed by atoms with van der Waals surface area (Å²) in [5, 5.41) is 5.74. The molecule has 0 aromatic heterocycles. The zero-order chi connectivity index (χ0) is 18.8. The van der Waals surface area contributed by atoms with Crippen LogP contribution >= 0.6 is 0 Å². The van der Waals surface area contributed by atoms with E-state index >= 15 is 0 Å². The van der Waals surface area contributed by atoms with Crippen molar-refractivity contribution in [2.24, 2.45) is 0 Å². The Bertz CT molecular complexity index is 972. The summed E-state index contributed by atoms with van der Waals surface area (Å²) in [7, 11) is 0. The second kappa shape index (κ2) is 14.2. The normalized spacial score (nSPS) is 9.53. The Morgan fingerprint density at radius 1 is 0.600 bits per heavy atom. The molecule has 0 aliphatic rings. The van der Waals surface area contributed by atoms with E-state index in [1.807, 2.05) is 0 Å². The van der Waals surface area contributed by atoms with E-state index in [9.17, 15) is 0 Å². The van der Waals surface area contributed by atoms with Gasteiger partial charge < -0.3 is 24.8 Å². The molecule has 0 saturated carbocycles. The van der Waals surface area contributed by atoms with Gasteiger partial charge in [-0.1, -0.05) is 64.8 Å². The van der Waals surface area contributed by atoms with E-state index < -0.39 is 0 Å². The molecule has 0 heterocycles. The molecule has 0 radical (unpaired) electrons. The van der Waals surface area contributed by atoms with Gasteiger partial charge in [-0.05, 0) is 12.8 Å². The van der Waals surface area contributed by atoms with Crippen molar-refractivity contribution in [2.75, 3.05) is 0 Å². The van der Waals surface area contributed by atoms with Crippen LogP contribution in [-0.4, -0.2) is 0 Å². The van der Waals surface area contributed by atoms with Crippen LogP contribution in [0.25, 0.3) is 21.5 Å². The monoisotopic (exact) mass is 592 g/mol. The zero-order valence-electron chi connectivity index (χ0n) is 18.8. The molecule has 0 aliphatic carbocycles. The molecule has 0 spiro atoms. The van der Waals surface area contributed by atoms with E-state index in [4.69, 9.17) is 0 Å². The summed E-state index contributed by atoms with van der Waals surface area (Å²) in [5.41, 5.74) is 8.46. The number of rotatable bonds is 2. The number of aryl methyl sites for hydroxylation is 6. The molecule has 156 valence electrons. The van der Waals surface area contributed by atoms with Crippen molar-refractivity contribution in [1.82, 2.24) is 0 Å². The maximum absolute atomic E-state index is 2.29. The Morgan fingerprint density at radius 3 is 1.23 bits per heavy atom. The van der Waals surface area contributed by atoms with Gasteiger partial charge in [-0.15, -0.1) is 68.1 Å². The van der Waals surface area contributed by atoms with Gasteiger partial charge in [0.15, 0.2) is 0 Å². The summed E-state index contributed by atoms with van der Waals surface area (Å²) in [6.45, 7) is 13.1. The van der Waals surface area contributed by atoms with Gasteiger partial charge >= 0.3 is 52.4 Å². The Hall–Kier alpha value is 0.00623. The van der Waals surface area contributed by atoms with Crippen LogP contribution in [-0.2, 0) is 65.2 Å². The molecule has 4 aromatic rings. The van der Waals surface area contributed by atoms with Crippen LogP contribution in [0.1, 0.15) is 47.2 Å². The molecular formula is C26H30Cl2Zr2. The zero-order valence-corrected chi connectivity index (χ0v) is 25.2. The molecule has 0 amide bonds. The van der Waals surface area contributed by atoms with Gasteiger partial charge in [0.05, 0.1) is 0 Å². The molecule has 0 fully saturated rings. The number of hydrogen-bond acceptors (Lipinski definition) is 0. The van der Waals surface area contributed by atoms with Gasteiger partial charge in [-0.2, -0.15) is 12.1 Å². The first-order chi connectivity index (χ1) is 12.4. The number of hydrogen-bond donors (Lipinski definition) is 0. The fourth-order valence-corrected chi connectivity index (χ4v) is 3.92. The quantitative estimate of drug-likeness (QED) is 0.308. The van der Waals surface area contributed by atoms with Crippen LogP contribution in [0.4, 0.5) is 0 Å². The summed E-state index contributed by atoms with van der Waals surface area (Å²) < 4.78 is 0. The SMILES string of the molecule is CCc1ccc(C)c2[cH-]c(C)cc12.CCc1ccc(C)c2[cH-]c(C)cc12.[Cl-].[Cl-].[Zr+2].[Zr+2]. The average Bonchev–Trinajstić information content (AvgIpc) is 3.20. The van der Waals surface area contributed by atoms with Gasteiger partial charge in [0, 0.05) is 0 Å². The minimum absolute atomic E-state index is 0.